The summed E-state index contributed by atoms with van der Waals surface area (Å²) in [4.78, 5) is 18.7. The largest absolute Gasteiger partial charge is 0.416 e. The number of carbonyl (C=O) groups is 1. The fourth-order valence-electron chi connectivity index (χ4n) is 3.71. The Hall–Kier alpha value is -2.31. The fourth-order valence-corrected chi connectivity index (χ4v) is 3.71. The summed E-state index contributed by atoms with van der Waals surface area (Å²) in [6.45, 7) is 2.12. The van der Waals surface area contributed by atoms with Crippen LogP contribution in [0.5, 0.6) is 0 Å². The van der Waals surface area contributed by atoms with Crippen molar-refractivity contribution in [1.82, 2.24) is 10.3 Å². The lowest BCUT2D eigenvalue weighted by atomic mass is 9.96. The number of nitrogens with zero attached hydrogens (tertiary/aromatic N) is 2. The van der Waals surface area contributed by atoms with Gasteiger partial charge in [-0.3, -0.25) is 9.78 Å². The maximum atomic E-state index is 13.0. The van der Waals surface area contributed by atoms with Crippen molar-refractivity contribution in [3.63, 3.8) is 0 Å². The number of piperidine rings is 1. The minimum Gasteiger partial charge on any atom is -0.370 e. The highest BCUT2D eigenvalue weighted by molar-refractivity contribution is 5.92. The number of aromatic nitrogens is 1. The lowest BCUT2D eigenvalue weighted by molar-refractivity contribution is -0.137. The van der Waals surface area contributed by atoms with Crippen molar-refractivity contribution in [1.29, 1.82) is 0 Å². The van der Waals surface area contributed by atoms with Crippen LogP contribution in [0.2, 0.25) is 0 Å². The van der Waals surface area contributed by atoms with E-state index in [2.05, 4.69) is 15.2 Å². The molecule has 1 saturated carbocycles. The molecule has 4 nitrogen and oxygen atoms in total. The van der Waals surface area contributed by atoms with Crippen molar-refractivity contribution in [2.24, 2.45) is 11.8 Å². The van der Waals surface area contributed by atoms with E-state index in [-0.39, 0.29) is 11.8 Å². The van der Waals surface area contributed by atoms with Crippen LogP contribution in [0.3, 0.4) is 0 Å². The molecule has 1 unspecified atom stereocenters. The molecular weight excluding hydrogens is 355 g/mol. The summed E-state index contributed by atoms with van der Waals surface area (Å²) in [6.07, 6.45) is 1.26. The molecule has 2 fully saturated rings. The number of fused-ring (bicyclic) bond motifs is 1. The van der Waals surface area contributed by atoms with Gasteiger partial charge in [-0.25, -0.2) is 0 Å². The van der Waals surface area contributed by atoms with Crippen molar-refractivity contribution in [3.05, 3.63) is 36.0 Å². The first-order valence-electron chi connectivity index (χ1n) is 9.40. The second-order valence-electron chi connectivity index (χ2n) is 7.53. The van der Waals surface area contributed by atoms with Gasteiger partial charge in [0.1, 0.15) is 0 Å². The third-order valence-corrected chi connectivity index (χ3v) is 5.44. The molecular formula is C20H22F3N3O. The van der Waals surface area contributed by atoms with Gasteiger partial charge in [-0.2, -0.15) is 13.2 Å². The van der Waals surface area contributed by atoms with Crippen molar-refractivity contribution < 1.29 is 18.0 Å². The number of carbonyl (C=O) groups excluding carboxylic acids is 1. The van der Waals surface area contributed by atoms with Crippen LogP contribution in [0.15, 0.2) is 30.5 Å². The van der Waals surface area contributed by atoms with E-state index in [1.165, 1.54) is 25.1 Å². The number of benzene rings is 1. The zero-order valence-corrected chi connectivity index (χ0v) is 14.9. The molecule has 1 aliphatic carbocycles. The second-order valence-corrected chi connectivity index (χ2v) is 7.53. The second kappa shape index (κ2) is 7.02. The Kier molecular flexibility index (Phi) is 4.70. The van der Waals surface area contributed by atoms with Crippen LogP contribution in [0.1, 0.15) is 31.2 Å². The summed E-state index contributed by atoms with van der Waals surface area (Å²) in [7, 11) is 0. The van der Waals surface area contributed by atoms with E-state index < -0.39 is 11.7 Å². The van der Waals surface area contributed by atoms with Gasteiger partial charge in [-0.05, 0) is 49.8 Å². The molecule has 4 rings (SSSR count). The average Bonchev–Trinajstić information content (AvgIpc) is 3.49. The number of rotatable bonds is 4. The van der Waals surface area contributed by atoms with E-state index in [0.29, 0.717) is 23.4 Å². The number of anilines is 1. The maximum Gasteiger partial charge on any atom is 0.416 e. The molecule has 1 aromatic carbocycles. The molecule has 1 saturated heterocycles. The van der Waals surface area contributed by atoms with Gasteiger partial charge in [-0.1, -0.05) is 6.07 Å². The van der Waals surface area contributed by atoms with E-state index in [0.717, 1.165) is 43.8 Å². The van der Waals surface area contributed by atoms with Crippen LogP contribution in [0.4, 0.5) is 18.9 Å². The van der Waals surface area contributed by atoms with Crippen molar-refractivity contribution in [3.8, 4) is 0 Å². The van der Waals surface area contributed by atoms with Gasteiger partial charge < -0.3 is 10.2 Å². The van der Waals surface area contributed by atoms with Gasteiger partial charge in [0.25, 0.3) is 0 Å². The molecule has 1 aliphatic heterocycles. The summed E-state index contributed by atoms with van der Waals surface area (Å²) in [5.74, 6) is 0.639. The smallest absolute Gasteiger partial charge is 0.370 e. The van der Waals surface area contributed by atoms with E-state index in [1.54, 1.807) is 0 Å². The third-order valence-electron chi connectivity index (χ3n) is 5.44. The molecule has 144 valence electrons. The molecule has 1 N–H and O–H groups in total. The fraction of sp³-hybridized carbons (Fsp3) is 0.500. The molecule has 1 atom stereocenters. The van der Waals surface area contributed by atoms with Gasteiger partial charge in [0.2, 0.25) is 5.91 Å². The van der Waals surface area contributed by atoms with Crippen molar-refractivity contribution in [2.75, 3.05) is 24.5 Å². The average molecular weight is 377 g/mol. The first-order valence-corrected chi connectivity index (χ1v) is 9.40. The van der Waals surface area contributed by atoms with Gasteiger partial charge in [0.05, 0.1) is 17.0 Å². The molecule has 0 bridgehead atoms. The van der Waals surface area contributed by atoms with Crippen LogP contribution in [0.25, 0.3) is 10.9 Å². The number of halogens is 3. The van der Waals surface area contributed by atoms with Crippen LogP contribution in [0, 0.1) is 11.8 Å². The Morgan fingerprint density at radius 2 is 2.04 bits per heavy atom. The van der Waals surface area contributed by atoms with E-state index in [1.807, 2.05) is 6.07 Å². The summed E-state index contributed by atoms with van der Waals surface area (Å²) in [6, 6.07) is 5.48. The Morgan fingerprint density at radius 1 is 1.22 bits per heavy atom. The minimum atomic E-state index is -4.39. The Balaban J connectivity index is 1.54. The molecule has 27 heavy (non-hydrogen) atoms. The maximum absolute atomic E-state index is 13.0. The number of hydrogen-bond donors (Lipinski definition) is 1. The van der Waals surface area contributed by atoms with E-state index >= 15 is 0 Å². The molecule has 1 aromatic heterocycles. The predicted octanol–water partition coefficient (Wildman–Crippen LogP) is 4.00. The highest BCUT2D eigenvalue weighted by Crippen LogP contribution is 2.35. The quantitative estimate of drug-likeness (QED) is 0.876. The zero-order valence-electron chi connectivity index (χ0n) is 14.9. The lowest BCUT2D eigenvalue weighted by Crippen LogP contribution is -2.43. The summed E-state index contributed by atoms with van der Waals surface area (Å²) < 4.78 is 38.9. The minimum absolute atomic E-state index is 0.0873. The van der Waals surface area contributed by atoms with Crippen molar-refractivity contribution >= 4 is 22.5 Å². The molecule has 0 radical (unpaired) electrons. The molecule has 2 aromatic rings. The summed E-state index contributed by atoms with van der Waals surface area (Å²) in [5.41, 5.74) is 0.465. The zero-order chi connectivity index (χ0) is 19.0. The highest BCUT2D eigenvalue weighted by atomic mass is 19.4. The lowest BCUT2D eigenvalue weighted by Gasteiger charge is -2.34. The standard InChI is InChI=1S/C20H22F3N3O/c21-20(22,23)15-5-6-16-17(10-15)24-8-7-18(16)26-9-1-2-14(12-26)19(27)25-11-13-3-4-13/h5-8,10,13-14H,1-4,9,11-12H2,(H,25,27). The third kappa shape index (κ3) is 4.01. The number of hydrogen-bond acceptors (Lipinski definition) is 3. The Morgan fingerprint density at radius 3 is 2.78 bits per heavy atom. The van der Waals surface area contributed by atoms with Gasteiger partial charge in [-0.15, -0.1) is 0 Å². The SMILES string of the molecule is O=C(NCC1CC1)C1CCCN(c2ccnc3cc(C(F)(F)F)ccc23)C1. The van der Waals surface area contributed by atoms with Crippen LogP contribution in [-0.4, -0.2) is 30.5 Å². The number of pyridine rings is 1. The van der Waals surface area contributed by atoms with Crippen LogP contribution in [-0.2, 0) is 11.0 Å². The number of amides is 1. The van der Waals surface area contributed by atoms with E-state index in [9.17, 15) is 18.0 Å². The number of nitrogens with one attached hydrogen (secondary N) is 1. The summed E-state index contributed by atoms with van der Waals surface area (Å²) in [5, 5.41) is 3.73. The number of alkyl halides is 3. The van der Waals surface area contributed by atoms with Gasteiger partial charge >= 0.3 is 6.18 Å². The van der Waals surface area contributed by atoms with Gasteiger partial charge in [0.15, 0.2) is 0 Å². The Labute approximate surface area is 155 Å². The molecule has 7 heteroatoms. The van der Waals surface area contributed by atoms with Gasteiger partial charge in [0, 0.05) is 36.9 Å². The Bertz CT molecular complexity index is 848. The van der Waals surface area contributed by atoms with E-state index in [4.69, 9.17) is 0 Å². The normalized spacial score (nSPS) is 20.7. The van der Waals surface area contributed by atoms with Crippen molar-refractivity contribution in [2.45, 2.75) is 31.9 Å². The highest BCUT2D eigenvalue weighted by Gasteiger charge is 2.32. The van der Waals surface area contributed by atoms with Crippen LogP contribution >= 0.6 is 0 Å². The van der Waals surface area contributed by atoms with Crippen LogP contribution < -0.4 is 10.2 Å². The topological polar surface area (TPSA) is 45.2 Å². The molecule has 2 heterocycles. The molecule has 1 amide bonds. The monoisotopic (exact) mass is 377 g/mol. The molecule has 0 spiro atoms. The molecule has 2 aliphatic rings. The first kappa shape index (κ1) is 18.1. The predicted molar refractivity (Wildman–Crippen MR) is 97.4 cm³/mol. The first-order chi connectivity index (χ1) is 12.9. The summed E-state index contributed by atoms with van der Waals surface area (Å²) >= 11 is 0.